The molecule has 1 N–H and O–H groups in total. The topological polar surface area (TPSA) is 53.9 Å². The monoisotopic (exact) mass is 359 g/mol. The molecule has 0 amide bonds. The van der Waals surface area contributed by atoms with E-state index in [1.165, 1.54) is 37.2 Å². The van der Waals surface area contributed by atoms with Crippen LogP contribution in [0.15, 0.2) is 48.7 Å². The van der Waals surface area contributed by atoms with Crippen LogP contribution < -0.4 is 10.2 Å². The van der Waals surface area contributed by atoms with Gasteiger partial charge < -0.3 is 10.2 Å². The number of anilines is 2. The molecular weight excluding hydrogens is 334 g/mol. The van der Waals surface area contributed by atoms with Crippen LogP contribution in [0.2, 0.25) is 0 Å². The highest BCUT2D eigenvalue weighted by molar-refractivity contribution is 5.56. The van der Waals surface area contributed by atoms with Gasteiger partial charge >= 0.3 is 0 Å². The van der Waals surface area contributed by atoms with Crippen molar-refractivity contribution < 1.29 is 0 Å². The second kappa shape index (κ2) is 7.74. The van der Waals surface area contributed by atoms with Crippen LogP contribution in [0.25, 0.3) is 11.5 Å². The Labute approximate surface area is 160 Å². The number of nitrogens with zero attached hydrogens (tertiary/aromatic N) is 4. The van der Waals surface area contributed by atoms with Gasteiger partial charge in [0.25, 0.3) is 0 Å². The van der Waals surface area contributed by atoms with Gasteiger partial charge in [-0.2, -0.15) is 0 Å². The zero-order valence-corrected chi connectivity index (χ0v) is 15.9. The third kappa shape index (κ3) is 3.92. The van der Waals surface area contributed by atoms with Crippen molar-refractivity contribution in [2.75, 3.05) is 23.3 Å². The van der Waals surface area contributed by atoms with Crippen molar-refractivity contribution >= 4 is 11.5 Å². The number of hydrogen-bond acceptors (Lipinski definition) is 5. The number of nitrogens with one attached hydrogen (secondary N) is 1. The molecule has 1 saturated heterocycles. The lowest BCUT2D eigenvalue weighted by Crippen LogP contribution is -2.17. The van der Waals surface area contributed by atoms with Gasteiger partial charge in [-0.3, -0.25) is 4.98 Å². The number of aryl methyl sites for hydroxylation is 1. The molecule has 0 atom stereocenters. The van der Waals surface area contributed by atoms with Crippen molar-refractivity contribution in [3.05, 3.63) is 65.5 Å². The van der Waals surface area contributed by atoms with Crippen LogP contribution in [0.4, 0.5) is 11.5 Å². The van der Waals surface area contributed by atoms with Gasteiger partial charge in [0.05, 0.1) is 0 Å². The van der Waals surface area contributed by atoms with E-state index in [4.69, 9.17) is 4.98 Å². The Kier molecular flexibility index (Phi) is 5.01. The average Bonchev–Trinajstić information content (AvgIpc) is 3.25. The van der Waals surface area contributed by atoms with Crippen molar-refractivity contribution in [2.24, 2.45) is 0 Å². The number of pyridine rings is 1. The van der Waals surface area contributed by atoms with Gasteiger partial charge in [0, 0.05) is 42.8 Å². The molecular formula is C22H25N5. The Morgan fingerprint density at radius 3 is 2.44 bits per heavy atom. The molecule has 5 heteroatoms. The summed E-state index contributed by atoms with van der Waals surface area (Å²) in [5.41, 5.74) is 5.40. The van der Waals surface area contributed by atoms with Gasteiger partial charge in [0.2, 0.25) is 0 Å². The molecule has 1 aliphatic heterocycles. The van der Waals surface area contributed by atoms with E-state index in [1.54, 1.807) is 6.20 Å². The van der Waals surface area contributed by atoms with Gasteiger partial charge in [0.15, 0.2) is 5.82 Å². The molecule has 3 heterocycles. The molecule has 0 bridgehead atoms. The number of benzene rings is 1. The molecule has 0 spiro atoms. The van der Waals surface area contributed by atoms with Gasteiger partial charge in [-0.25, -0.2) is 9.97 Å². The summed E-state index contributed by atoms with van der Waals surface area (Å²) >= 11 is 0. The largest absolute Gasteiger partial charge is 0.372 e. The Hall–Kier alpha value is -2.95. The third-order valence-corrected chi connectivity index (χ3v) is 5.15. The van der Waals surface area contributed by atoms with Gasteiger partial charge in [-0.15, -0.1) is 0 Å². The zero-order valence-electron chi connectivity index (χ0n) is 15.9. The second-order valence-corrected chi connectivity index (χ2v) is 7.04. The molecule has 138 valence electrons. The molecule has 0 saturated carbocycles. The fourth-order valence-corrected chi connectivity index (χ4v) is 3.40. The van der Waals surface area contributed by atoms with E-state index >= 15 is 0 Å². The quantitative estimate of drug-likeness (QED) is 0.733. The summed E-state index contributed by atoms with van der Waals surface area (Å²) in [4.78, 5) is 16.1. The molecule has 2 aromatic heterocycles. The lowest BCUT2D eigenvalue weighted by molar-refractivity contribution is 0.949. The van der Waals surface area contributed by atoms with Crippen molar-refractivity contribution in [1.82, 2.24) is 15.0 Å². The highest BCUT2D eigenvalue weighted by Crippen LogP contribution is 2.23. The third-order valence-electron chi connectivity index (χ3n) is 5.15. The first-order valence-corrected chi connectivity index (χ1v) is 9.55. The standard InChI is InChI=1S/C22H25N5/c1-16-17(2)25-22(20-7-3-4-12-23-20)26-21(16)24-15-18-8-10-19(11-9-18)27-13-5-6-14-27/h3-4,7-12H,5-6,13-15H2,1-2H3,(H,24,25,26). The van der Waals surface area contributed by atoms with Crippen LogP contribution >= 0.6 is 0 Å². The van der Waals surface area contributed by atoms with Crippen molar-refractivity contribution in [3.63, 3.8) is 0 Å². The van der Waals surface area contributed by atoms with Crippen LogP contribution in [0.1, 0.15) is 29.7 Å². The summed E-state index contributed by atoms with van der Waals surface area (Å²) in [5, 5.41) is 3.48. The fraction of sp³-hybridized carbons (Fsp3) is 0.318. The van der Waals surface area contributed by atoms with Crippen molar-refractivity contribution in [3.8, 4) is 11.5 Å². The van der Waals surface area contributed by atoms with Crippen molar-refractivity contribution in [2.45, 2.75) is 33.2 Å². The molecule has 1 aromatic carbocycles. The molecule has 3 aromatic rings. The highest BCUT2D eigenvalue weighted by Gasteiger charge is 2.13. The first-order chi connectivity index (χ1) is 13.2. The van der Waals surface area contributed by atoms with Crippen molar-refractivity contribution in [1.29, 1.82) is 0 Å². The van der Waals surface area contributed by atoms with E-state index < -0.39 is 0 Å². The summed E-state index contributed by atoms with van der Waals surface area (Å²) in [7, 11) is 0. The number of aromatic nitrogens is 3. The SMILES string of the molecule is Cc1nc(-c2ccccn2)nc(NCc2ccc(N3CCCC3)cc2)c1C. The molecule has 0 radical (unpaired) electrons. The van der Waals surface area contributed by atoms with Crippen LogP contribution in [0.5, 0.6) is 0 Å². The lowest BCUT2D eigenvalue weighted by atomic mass is 10.2. The molecule has 0 aliphatic carbocycles. The van der Waals surface area contributed by atoms with Gasteiger partial charge in [0.1, 0.15) is 11.5 Å². The molecule has 27 heavy (non-hydrogen) atoms. The van der Waals surface area contributed by atoms with Crippen LogP contribution in [0.3, 0.4) is 0 Å². The summed E-state index contributed by atoms with van der Waals surface area (Å²) in [6.07, 6.45) is 4.37. The Balaban J connectivity index is 1.50. The van der Waals surface area contributed by atoms with E-state index in [-0.39, 0.29) is 0 Å². The van der Waals surface area contributed by atoms with Gasteiger partial charge in [-0.05, 0) is 56.5 Å². The molecule has 1 aliphatic rings. The van der Waals surface area contributed by atoms with E-state index in [1.807, 2.05) is 25.1 Å². The maximum absolute atomic E-state index is 4.71. The minimum Gasteiger partial charge on any atom is -0.372 e. The molecule has 4 rings (SSSR count). The normalized spacial score (nSPS) is 13.8. The Morgan fingerprint density at radius 1 is 0.963 bits per heavy atom. The summed E-state index contributed by atoms with van der Waals surface area (Å²) in [6.45, 7) is 7.15. The molecule has 5 nitrogen and oxygen atoms in total. The van der Waals surface area contributed by atoms with E-state index in [0.29, 0.717) is 5.82 Å². The fourth-order valence-electron chi connectivity index (χ4n) is 3.40. The first-order valence-electron chi connectivity index (χ1n) is 9.55. The lowest BCUT2D eigenvalue weighted by Gasteiger charge is -2.18. The number of rotatable bonds is 5. The maximum atomic E-state index is 4.71. The Morgan fingerprint density at radius 2 is 1.74 bits per heavy atom. The summed E-state index contributed by atoms with van der Waals surface area (Å²) in [5.74, 6) is 1.53. The van der Waals surface area contributed by atoms with Crippen LogP contribution in [0, 0.1) is 13.8 Å². The maximum Gasteiger partial charge on any atom is 0.180 e. The van der Waals surface area contributed by atoms with E-state index in [9.17, 15) is 0 Å². The number of hydrogen-bond donors (Lipinski definition) is 1. The predicted molar refractivity (Wildman–Crippen MR) is 110 cm³/mol. The minimum atomic E-state index is 0.658. The Bertz CT molecular complexity index is 900. The van der Waals surface area contributed by atoms with Gasteiger partial charge in [-0.1, -0.05) is 18.2 Å². The average molecular weight is 359 g/mol. The predicted octanol–water partition coefficient (Wildman–Crippen LogP) is 4.37. The minimum absolute atomic E-state index is 0.658. The van der Waals surface area contributed by atoms with Crippen LogP contribution in [-0.2, 0) is 6.54 Å². The summed E-state index contributed by atoms with van der Waals surface area (Å²) in [6, 6.07) is 14.6. The highest BCUT2D eigenvalue weighted by atomic mass is 15.1. The van der Waals surface area contributed by atoms with Crippen LogP contribution in [-0.4, -0.2) is 28.0 Å². The van der Waals surface area contributed by atoms with E-state index in [2.05, 4.69) is 51.4 Å². The molecule has 0 unspecified atom stereocenters. The van der Waals surface area contributed by atoms with E-state index in [0.717, 1.165) is 29.3 Å². The summed E-state index contributed by atoms with van der Waals surface area (Å²) < 4.78 is 0. The zero-order chi connectivity index (χ0) is 18.6. The molecule has 1 fully saturated rings. The smallest absolute Gasteiger partial charge is 0.180 e. The second-order valence-electron chi connectivity index (χ2n) is 7.04. The first kappa shape index (κ1) is 17.5.